The van der Waals surface area contributed by atoms with Crippen LogP contribution in [0.25, 0.3) is 0 Å². The van der Waals surface area contributed by atoms with Gasteiger partial charge in [0.2, 0.25) is 5.91 Å². The molecule has 1 atom stereocenters. The van der Waals surface area contributed by atoms with Crippen molar-refractivity contribution in [2.45, 2.75) is 32.3 Å². The number of benzene rings is 1. The van der Waals surface area contributed by atoms with Gasteiger partial charge in [-0.15, -0.1) is 0 Å². The Morgan fingerprint density at radius 3 is 2.91 bits per heavy atom. The molecule has 0 aliphatic carbocycles. The van der Waals surface area contributed by atoms with Crippen LogP contribution in [0.5, 0.6) is 0 Å². The molecule has 1 aromatic rings. The molecule has 23 heavy (non-hydrogen) atoms. The van der Waals surface area contributed by atoms with Crippen molar-refractivity contribution in [3.8, 4) is 0 Å². The molecular formula is C17H25N3O3. The average Bonchev–Trinajstić information content (AvgIpc) is 3.09. The quantitative estimate of drug-likeness (QED) is 0.679. The second kappa shape index (κ2) is 9.15. The lowest BCUT2D eigenvalue weighted by Gasteiger charge is -2.12. The van der Waals surface area contributed by atoms with Crippen LogP contribution in [0, 0.1) is 0 Å². The molecule has 6 nitrogen and oxygen atoms in total. The van der Waals surface area contributed by atoms with E-state index < -0.39 is 0 Å². The summed E-state index contributed by atoms with van der Waals surface area (Å²) in [7, 11) is 0. The van der Waals surface area contributed by atoms with Crippen molar-refractivity contribution >= 4 is 17.5 Å². The Kier molecular flexibility index (Phi) is 6.87. The minimum atomic E-state index is -0.125. The molecule has 0 spiro atoms. The highest BCUT2D eigenvalue weighted by Gasteiger charge is 2.16. The van der Waals surface area contributed by atoms with Gasteiger partial charge < -0.3 is 20.7 Å². The standard InChI is InChI=1S/C17H25N3O3/c1-2-8-18-16(21)12-19-14-6-3-5-13(10-14)17(22)20-11-15-7-4-9-23-15/h3,5-6,10,15,19H,2,4,7-9,11-12H2,1H3,(H,18,21)(H,20,22). The monoisotopic (exact) mass is 319 g/mol. The third-order valence-electron chi connectivity index (χ3n) is 3.66. The predicted octanol–water partition coefficient (Wildman–Crippen LogP) is 1.53. The van der Waals surface area contributed by atoms with Crippen molar-refractivity contribution in [1.82, 2.24) is 10.6 Å². The van der Waals surface area contributed by atoms with E-state index in [0.29, 0.717) is 18.7 Å². The first-order chi connectivity index (χ1) is 11.2. The van der Waals surface area contributed by atoms with Gasteiger partial charge in [0.25, 0.3) is 5.91 Å². The topological polar surface area (TPSA) is 79.5 Å². The second-order valence-corrected chi connectivity index (χ2v) is 5.63. The maximum absolute atomic E-state index is 12.2. The van der Waals surface area contributed by atoms with Gasteiger partial charge in [0.1, 0.15) is 0 Å². The molecule has 126 valence electrons. The predicted molar refractivity (Wildman–Crippen MR) is 89.5 cm³/mol. The van der Waals surface area contributed by atoms with E-state index in [1.807, 2.05) is 13.0 Å². The van der Waals surface area contributed by atoms with E-state index in [-0.39, 0.29) is 24.5 Å². The number of nitrogens with one attached hydrogen (secondary N) is 3. The highest BCUT2D eigenvalue weighted by Crippen LogP contribution is 2.12. The molecule has 1 unspecified atom stereocenters. The zero-order valence-electron chi connectivity index (χ0n) is 13.6. The Bertz CT molecular complexity index is 528. The summed E-state index contributed by atoms with van der Waals surface area (Å²) >= 11 is 0. The lowest BCUT2D eigenvalue weighted by molar-refractivity contribution is -0.119. The maximum Gasteiger partial charge on any atom is 0.251 e. The average molecular weight is 319 g/mol. The number of amides is 2. The van der Waals surface area contributed by atoms with Crippen LogP contribution >= 0.6 is 0 Å². The number of anilines is 1. The molecule has 2 amide bonds. The van der Waals surface area contributed by atoms with Crippen molar-refractivity contribution in [3.05, 3.63) is 29.8 Å². The molecule has 1 aliphatic rings. The lowest BCUT2D eigenvalue weighted by atomic mass is 10.1. The molecule has 6 heteroatoms. The van der Waals surface area contributed by atoms with Crippen molar-refractivity contribution < 1.29 is 14.3 Å². The van der Waals surface area contributed by atoms with Crippen LogP contribution in [0.2, 0.25) is 0 Å². The Balaban J connectivity index is 1.80. The first kappa shape index (κ1) is 17.3. The molecule has 0 saturated carbocycles. The molecule has 1 heterocycles. The summed E-state index contributed by atoms with van der Waals surface area (Å²) in [6.07, 6.45) is 3.09. The summed E-state index contributed by atoms with van der Waals surface area (Å²) in [6.45, 7) is 4.19. The van der Waals surface area contributed by atoms with Gasteiger partial charge in [-0.1, -0.05) is 13.0 Å². The fourth-order valence-electron chi connectivity index (χ4n) is 2.39. The van der Waals surface area contributed by atoms with Gasteiger partial charge in [0.05, 0.1) is 12.6 Å². The largest absolute Gasteiger partial charge is 0.376 e. The van der Waals surface area contributed by atoms with Crippen LogP contribution < -0.4 is 16.0 Å². The Morgan fingerprint density at radius 2 is 2.17 bits per heavy atom. The van der Waals surface area contributed by atoms with Gasteiger partial charge in [0.15, 0.2) is 0 Å². The third kappa shape index (κ3) is 5.90. The van der Waals surface area contributed by atoms with Crippen LogP contribution in [-0.4, -0.2) is 44.2 Å². The first-order valence-electron chi connectivity index (χ1n) is 8.19. The minimum absolute atomic E-state index is 0.0555. The highest BCUT2D eigenvalue weighted by atomic mass is 16.5. The van der Waals surface area contributed by atoms with Crippen molar-refractivity contribution in [2.24, 2.45) is 0 Å². The van der Waals surface area contributed by atoms with Crippen LogP contribution in [0.4, 0.5) is 5.69 Å². The molecule has 0 radical (unpaired) electrons. The van der Waals surface area contributed by atoms with E-state index in [0.717, 1.165) is 31.6 Å². The molecular weight excluding hydrogens is 294 g/mol. The maximum atomic E-state index is 12.2. The van der Waals surface area contributed by atoms with Gasteiger partial charge >= 0.3 is 0 Å². The summed E-state index contributed by atoms with van der Waals surface area (Å²) in [6, 6.07) is 7.14. The third-order valence-corrected chi connectivity index (χ3v) is 3.66. The van der Waals surface area contributed by atoms with E-state index in [1.54, 1.807) is 18.2 Å². The smallest absolute Gasteiger partial charge is 0.251 e. The molecule has 0 aromatic heterocycles. The number of ether oxygens (including phenoxy) is 1. The van der Waals surface area contributed by atoms with Gasteiger partial charge in [-0.25, -0.2) is 0 Å². The molecule has 2 rings (SSSR count). The fourth-order valence-corrected chi connectivity index (χ4v) is 2.39. The van der Waals surface area contributed by atoms with Gasteiger partial charge in [-0.2, -0.15) is 0 Å². The van der Waals surface area contributed by atoms with Crippen molar-refractivity contribution in [2.75, 3.05) is 31.6 Å². The fraction of sp³-hybridized carbons (Fsp3) is 0.529. The number of hydrogen-bond acceptors (Lipinski definition) is 4. The summed E-state index contributed by atoms with van der Waals surface area (Å²) in [5.41, 5.74) is 1.32. The van der Waals surface area contributed by atoms with Crippen molar-refractivity contribution in [1.29, 1.82) is 0 Å². The minimum Gasteiger partial charge on any atom is -0.376 e. The first-order valence-corrected chi connectivity index (χ1v) is 8.19. The Morgan fingerprint density at radius 1 is 1.30 bits per heavy atom. The van der Waals surface area contributed by atoms with Crippen LogP contribution in [0.3, 0.4) is 0 Å². The van der Waals surface area contributed by atoms with E-state index in [2.05, 4.69) is 16.0 Å². The van der Waals surface area contributed by atoms with E-state index in [4.69, 9.17) is 4.74 Å². The van der Waals surface area contributed by atoms with E-state index in [1.165, 1.54) is 0 Å². The zero-order chi connectivity index (χ0) is 16.5. The Labute approximate surface area is 137 Å². The number of carbonyl (C=O) groups is 2. The van der Waals surface area contributed by atoms with Gasteiger partial charge in [0, 0.05) is 30.9 Å². The SMILES string of the molecule is CCCNC(=O)CNc1cccc(C(=O)NCC2CCCO2)c1. The number of hydrogen-bond donors (Lipinski definition) is 3. The zero-order valence-corrected chi connectivity index (χ0v) is 13.6. The molecule has 0 bridgehead atoms. The molecule has 1 saturated heterocycles. The number of carbonyl (C=O) groups excluding carboxylic acids is 2. The second-order valence-electron chi connectivity index (χ2n) is 5.63. The van der Waals surface area contributed by atoms with Crippen molar-refractivity contribution in [3.63, 3.8) is 0 Å². The summed E-state index contributed by atoms with van der Waals surface area (Å²) in [5.74, 6) is -0.181. The molecule has 1 fully saturated rings. The highest BCUT2D eigenvalue weighted by molar-refractivity contribution is 5.95. The number of rotatable bonds is 8. The van der Waals surface area contributed by atoms with Crippen LogP contribution in [0.1, 0.15) is 36.5 Å². The molecule has 1 aromatic carbocycles. The van der Waals surface area contributed by atoms with Crippen LogP contribution in [-0.2, 0) is 9.53 Å². The normalized spacial score (nSPS) is 16.8. The molecule has 3 N–H and O–H groups in total. The summed E-state index contributed by atoms with van der Waals surface area (Å²) in [4.78, 5) is 23.7. The van der Waals surface area contributed by atoms with Crippen LogP contribution in [0.15, 0.2) is 24.3 Å². The Hall–Kier alpha value is -2.08. The van der Waals surface area contributed by atoms with E-state index >= 15 is 0 Å². The summed E-state index contributed by atoms with van der Waals surface area (Å²) < 4.78 is 5.49. The van der Waals surface area contributed by atoms with Gasteiger partial charge in [-0.05, 0) is 37.5 Å². The lowest BCUT2D eigenvalue weighted by Crippen LogP contribution is -2.32. The van der Waals surface area contributed by atoms with E-state index in [9.17, 15) is 9.59 Å². The van der Waals surface area contributed by atoms with Gasteiger partial charge in [-0.3, -0.25) is 9.59 Å². The molecule has 1 aliphatic heterocycles. The summed E-state index contributed by atoms with van der Waals surface area (Å²) in [5, 5.41) is 8.72.